The summed E-state index contributed by atoms with van der Waals surface area (Å²) >= 11 is 9.45. The smallest absolute Gasteiger partial charge is 0.408 e. The van der Waals surface area contributed by atoms with Gasteiger partial charge in [0, 0.05) is 15.9 Å². The second-order valence-corrected chi connectivity index (χ2v) is 6.59. The van der Waals surface area contributed by atoms with Gasteiger partial charge in [-0.05, 0) is 38.5 Å². The fourth-order valence-electron chi connectivity index (χ4n) is 1.59. The Morgan fingerprint density at radius 1 is 1.50 bits per heavy atom. The number of nitrogens with one attached hydrogen (secondary N) is 1. The van der Waals surface area contributed by atoms with E-state index in [1.807, 2.05) is 0 Å². The number of rotatable bonds is 4. The van der Waals surface area contributed by atoms with Crippen LogP contribution < -0.4 is 5.32 Å². The first-order valence-corrected chi connectivity index (χ1v) is 7.28. The van der Waals surface area contributed by atoms with Crippen molar-refractivity contribution in [1.82, 2.24) is 5.32 Å². The molecule has 0 aliphatic rings. The van der Waals surface area contributed by atoms with Crippen LogP contribution in [0.2, 0.25) is 5.02 Å². The van der Waals surface area contributed by atoms with Gasteiger partial charge in [0.1, 0.15) is 11.9 Å². The van der Waals surface area contributed by atoms with E-state index in [1.165, 1.54) is 0 Å². The van der Waals surface area contributed by atoms with Gasteiger partial charge in [0.2, 0.25) is 0 Å². The van der Waals surface area contributed by atoms with Crippen LogP contribution in [0.25, 0.3) is 0 Å². The molecule has 0 fully saturated rings. The molecule has 20 heavy (non-hydrogen) atoms. The molecule has 0 saturated heterocycles. The van der Waals surface area contributed by atoms with Crippen molar-refractivity contribution in [3.05, 3.63) is 33.3 Å². The van der Waals surface area contributed by atoms with E-state index in [2.05, 4.69) is 21.2 Å². The average Bonchev–Trinajstić information content (AvgIpc) is 2.25. The van der Waals surface area contributed by atoms with Gasteiger partial charge in [-0.1, -0.05) is 33.6 Å². The third-order valence-electron chi connectivity index (χ3n) is 2.36. The maximum absolute atomic E-state index is 11.8. The average molecular weight is 363 g/mol. The summed E-state index contributed by atoms with van der Waals surface area (Å²) in [7, 11) is 0. The maximum Gasteiger partial charge on any atom is 0.408 e. The molecule has 0 heterocycles. The summed E-state index contributed by atoms with van der Waals surface area (Å²) in [5.74, 6) is 0. The predicted molar refractivity (Wildman–Crippen MR) is 81.9 cm³/mol. The molecule has 0 unspecified atom stereocenters. The molecule has 0 spiro atoms. The summed E-state index contributed by atoms with van der Waals surface area (Å²) in [4.78, 5) is 22.6. The van der Waals surface area contributed by atoms with Gasteiger partial charge in [0.05, 0.1) is 6.04 Å². The van der Waals surface area contributed by atoms with Crippen LogP contribution in [0.15, 0.2) is 22.7 Å². The Bertz CT molecular complexity index is 500. The summed E-state index contributed by atoms with van der Waals surface area (Å²) in [5, 5.41) is 3.13. The highest BCUT2D eigenvalue weighted by atomic mass is 79.9. The van der Waals surface area contributed by atoms with E-state index in [4.69, 9.17) is 16.3 Å². The summed E-state index contributed by atoms with van der Waals surface area (Å²) in [6.45, 7) is 5.32. The summed E-state index contributed by atoms with van der Waals surface area (Å²) in [5.41, 5.74) is 0.0760. The number of hydrogen-bond acceptors (Lipinski definition) is 3. The summed E-state index contributed by atoms with van der Waals surface area (Å²) in [6, 6.07) is 4.77. The summed E-state index contributed by atoms with van der Waals surface area (Å²) in [6.07, 6.45) is 0.282. The van der Waals surface area contributed by atoms with E-state index in [9.17, 15) is 9.59 Å². The van der Waals surface area contributed by atoms with Crippen molar-refractivity contribution < 1.29 is 14.3 Å². The molecule has 6 heteroatoms. The standard InChI is InChI=1S/C14H17BrClNO3/c1-14(2,3)20-13(19)17-12(6-7-18)10-5-4-9(15)8-11(10)16/h4-5,7-8,12H,6H2,1-3H3,(H,17,19)/t12-/m0/s1. The quantitative estimate of drug-likeness (QED) is 0.814. The lowest BCUT2D eigenvalue weighted by atomic mass is 10.0. The topological polar surface area (TPSA) is 55.4 Å². The number of benzene rings is 1. The number of amides is 1. The first-order chi connectivity index (χ1) is 9.23. The lowest BCUT2D eigenvalue weighted by molar-refractivity contribution is -0.108. The third-order valence-corrected chi connectivity index (χ3v) is 3.18. The molecule has 0 bridgehead atoms. The van der Waals surface area contributed by atoms with Gasteiger partial charge >= 0.3 is 6.09 Å². The van der Waals surface area contributed by atoms with Crippen LogP contribution in [-0.2, 0) is 9.53 Å². The third kappa shape index (κ3) is 5.51. The van der Waals surface area contributed by atoms with Gasteiger partial charge in [0.25, 0.3) is 0 Å². The minimum absolute atomic E-state index is 0.126. The van der Waals surface area contributed by atoms with E-state index in [0.717, 1.165) is 10.8 Å². The summed E-state index contributed by atoms with van der Waals surface area (Å²) < 4.78 is 6.01. The SMILES string of the molecule is CC(C)(C)OC(=O)N[C@@H](CC=O)c1ccc(Br)cc1Cl. The number of hydrogen-bond donors (Lipinski definition) is 1. The van der Waals surface area contributed by atoms with E-state index < -0.39 is 17.7 Å². The largest absolute Gasteiger partial charge is 0.444 e. The van der Waals surface area contributed by atoms with E-state index >= 15 is 0 Å². The van der Waals surface area contributed by atoms with Gasteiger partial charge in [-0.15, -0.1) is 0 Å². The second-order valence-electron chi connectivity index (χ2n) is 5.27. The van der Waals surface area contributed by atoms with Crippen molar-refractivity contribution in [3.8, 4) is 0 Å². The molecule has 110 valence electrons. The van der Waals surface area contributed by atoms with Crippen molar-refractivity contribution in [1.29, 1.82) is 0 Å². The highest BCUT2D eigenvalue weighted by Gasteiger charge is 2.21. The normalized spacial score (nSPS) is 12.7. The minimum Gasteiger partial charge on any atom is -0.444 e. The molecule has 0 aliphatic heterocycles. The zero-order chi connectivity index (χ0) is 15.3. The van der Waals surface area contributed by atoms with Gasteiger partial charge in [-0.25, -0.2) is 4.79 Å². The van der Waals surface area contributed by atoms with Crippen LogP contribution >= 0.6 is 27.5 Å². The molecular formula is C14H17BrClNO3. The molecule has 0 aliphatic carbocycles. The molecule has 0 radical (unpaired) electrons. The number of carbonyl (C=O) groups is 2. The molecule has 1 N–H and O–H groups in total. The molecule has 1 atom stereocenters. The van der Waals surface area contributed by atoms with Crippen molar-refractivity contribution in [2.75, 3.05) is 0 Å². The zero-order valence-corrected chi connectivity index (χ0v) is 13.9. The Morgan fingerprint density at radius 2 is 2.15 bits per heavy atom. The number of alkyl carbamates (subject to hydrolysis) is 1. The molecule has 4 nitrogen and oxygen atoms in total. The van der Waals surface area contributed by atoms with Crippen LogP contribution in [0.4, 0.5) is 4.79 Å². The van der Waals surface area contributed by atoms with Crippen LogP contribution in [0.1, 0.15) is 38.8 Å². The Labute approximate surface area is 132 Å². The lowest BCUT2D eigenvalue weighted by Gasteiger charge is -2.23. The number of aldehydes is 1. The molecule has 1 aromatic rings. The molecule has 0 saturated carbocycles. The van der Waals surface area contributed by atoms with E-state index in [1.54, 1.807) is 39.0 Å². The van der Waals surface area contributed by atoms with Crippen LogP contribution in [-0.4, -0.2) is 18.0 Å². The van der Waals surface area contributed by atoms with Gasteiger partial charge in [-0.3, -0.25) is 0 Å². The molecule has 1 rings (SSSR count). The minimum atomic E-state index is -0.598. The number of carbonyl (C=O) groups excluding carboxylic acids is 2. The van der Waals surface area contributed by atoms with Gasteiger partial charge in [0.15, 0.2) is 0 Å². The molecular weight excluding hydrogens is 346 g/mol. The fourth-order valence-corrected chi connectivity index (χ4v) is 2.40. The van der Waals surface area contributed by atoms with Crippen LogP contribution in [0, 0.1) is 0 Å². The predicted octanol–water partition coefficient (Wildman–Crippen LogP) is 4.26. The number of ether oxygens (including phenoxy) is 1. The van der Waals surface area contributed by atoms with Gasteiger partial charge < -0.3 is 14.8 Å². The molecule has 1 aromatic carbocycles. The Kier molecular flexibility index (Phi) is 6.02. The first-order valence-electron chi connectivity index (χ1n) is 6.11. The monoisotopic (exact) mass is 361 g/mol. The van der Waals surface area contributed by atoms with Crippen LogP contribution in [0.5, 0.6) is 0 Å². The Hall–Kier alpha value is -1.07. The number of halogens is 2. The highest BCUT2D eigenvalue weighted by molar-refractivity contribution is 9.10. The fraction of sp³-hybridized carbons (Fsp3) is 0.429. The van der Waals surface area contributed by atoms with Crippen molar-refractivity contribution in [2.24, 2.45) is 0 Å². The van der Waals surface area contributed by atoms with Crippen molar-refractivity contribution in [3.63, 3.8) is 0 Å². The molecule has 1 amide bonds. The second kappa shape index (κ2) is 7.09. The van der Waals surface area contributed by atoms with Gasteiger partial charge in [-0.2, -0.15) is 0 Å². The Morgan fingerprint density at radius 3 is 2.65 bits per heavy atom. The highest BCUT2D eigenvalue weighted by Crippen LogP contribution is 2.28. The Balaban J connectivity index is 2.89. The van der Waals surface area contributed by atoms with Crippen molar-refractivity contribution >= 4 is 39.9 Å². The maximum atomic E-state index is 11.8. The zero-order valence-electron chi connectivity index (χ0n) is 11.6. The van der Waals surface area contributed by atoms with E-state index in [0.29, 0.717) is 10.6 Å². The van der Waals surface area contributed by atoms with Crippen LogP contribution in [0.3, 0.4) is 0 Å². The first kappa shape index (κ1) is 17.0. The lowest BCUT2D eigenvalue weighted by Crippen LogP contribution is -2.35. The molecule has 0 aromatic heterocycles. The van der Waals surface area contributed by atoms with E-state index in [-0.39, 0.29) is 6.42 Å². The van der Waals surface area contributed by atoms with Crippen molar-refractivity contribution in [2.45, 2.75) is 38.8 Å².